The van der Waals surface area contributed by atoms with Crippen molar-refractivity contribution in [2.75, 3.05) is 0 Å². The normalized spacial score (nSPS) is 7.90. The SMILES string of the molecule is CC.CC(=O)c1ncc[nH]1. The van der Waals surface area contributed by atoms with Crippen molar-refractivity contribution >= 4 is 5.78 Å². The molecule has 1 aromatic rings. The van der Waals surface area contributed by atoms with E-state index >= 15 is 0 Å². The van der Waals surface area contributed by atoms with Crippen molar-refractivity contribution < 1.29 is 4.79 Å². The van der Waals surface area contributed by atoms with Gasteiger partial charge in [0.25, 0.3) is 0 Å². The first kappa shape index (κ1) is 8.88. The molecular formula is C7H12N2O. The van der Waals surface area contributed by atoms with Crippen LogP contribution >= 0.6 is 0 Å². The number of ketones is 1. The van der Waals surface area contributed by atoms with Crippen molar-refractivity contribution in [3.8, 4) is 0 Å². The molecule has 3 heteroatoms. The zero-order valence-corrected chi connectivity index (χ0v) is 6.51. The van der Waals surface area contributed by atoms with Gasteiger partial charge in [-0.05, 0) is 0 Å². The molecule has 1 N–H and O–H groups in total. The maximum absolute atomic E-state index is 10.4. The summed E-state index contributed by atoms with van der Waals surface area (Å²) in [7, 11) is 0. The topological polar surface area (TPSA) is 45.8 Å². The summed E-state index contributed by atoms with van der Waals surface area (Å²) in [4.78, 5) is 16.8. The second-order valence-corrected chi connectivity index (χ2v) is 1.49. The molecule has 0 unspecified atom stereocenters. The largest absolute Gasteiger partial charge is 0.342 e. The van der Waals surface area contributed by atoms with Gasteiger partial charge >= 0.3 is 0 Å². The molecule has 1 heterocycles. The Hall–Kier alpha value is -1.12. The Balaban J connectivity index is 0.000000371. The van der Waals surface area contributed by atoms with Gasteiger partial charge in [-0.15, -0.1) is 0 Å². The predicted octanol–water partition coefficient (Wildman–Crippen LogP) is 1.64. The first-order valence-corrected chi connectivity index (χ1v) is 3.31. The van der Waals surface area contributed by atoms with Crippen LogP contribution in [0, 0.1) is 0 Å². The van der Waals surface area contributed by atoms with E-state index in [4.69, 9.17) is 0 Å². The second kappa shape index (κ2) is 4.73. The summed E-state index contributed by atoms with van der Waals surface area (Å²) in [5.41, 5.74) is 0. The van der Waals surface area contributed by atoms with E-state index < -0.39 is 0 Å². The first-order valence-electron chi connectivity index (χ1n) is 3.31. The molecule has 0 spiro atoms. The van der Waals surface area contributed by atoms with E-state index in [1.165, 1.54) is 6.92 Å². The molecule has 0 saturated carbocycles. The van der Waals surface area contributed by atoms with Crippen molar-refractivity contribution in [2.45, 2.75) is 20.8 Å². The minimum Gasteiger partial charge on any atom is -0.342 e. The number of carbonyl (C=O) groups is 1. The maximum atomic E-state index is 10.4. The third kappa shape index (κ3) is 2.44. The smallest absolute Gasteiger partial charge is 0.194 e. The number of aromatic amines is 1. The van der Waals surface area contributed by atoms with Crippen molar-refractivity contribution in [2.24, 2.45) is 0 Å². The highest BCUT2D eigenvalue weighted by Gasteiger charge is 1.96. The summed E-state index contributed by atoms with van der Waals surface area (Å²) in [6.45, 7) is 5.47. The lowest BCUT2D eigenvalue weighted by molar-refractivity contribution is 0.100. The van der Waals surface area contributed by atoms with Gasteiger partial charge in [0, 0.05) is 19.3 Å². The van der Waals surface area contributed by atoms with Crippen LogP contribution in [-0.2, 0) is 0 Å². The molecule has 0 amide bonds. The minimum atomic E-state index is -0.0324. The van der Waals surface area contributed by atoms with Crippen LogP contribution < -0.4 is 0 Å². The number of H-pyrrole nitrogens is 1. The van der Waals surface area contributed by atoms with E-state index in [2.05, 4.69) is 9.97 Å². The van der Waals surface area contributed by atoms with E-state index in [1.807, 2.05) is 13.8 Å². The molecule has 0 aromatic carbocycles. The maximum Gasteiger partial charge on any atom is 0.194 e. The molecule has 0 fully saturated rings. The lowest BCUT2D eigenvalue weighted by atomic mass is 10.4. The van der Waals surface area contributed by atoms with Crippen LogP contribution in [0.2, 0.25) is 0 Å². The molecule has 0 aliphatic heterocycles. The lowest BCUT2D eigenvalue weighted by Crippen LogP contribution is -1.92. The monoisotopic (exact) mass is 140 g/mol. The minimum absolute atomic E-state index is 0.0324. The van der Waals surface area contributed by atoms with E-state index in [1.54, 1.807) is 12.4 Å². The number of aromatic nitrogens is 2. The van der Waals surface area contributed by atoms with Crippen LogP contribution in [-0.4, -0.2) is 15.8 Å². The number of hydrogen-bond donors (Lipinski definition) is 1. The molecule has 1 aromatic heterocycles. The van der Waals surface area contributed by atoms with Crippen LogP contribution in [0.15, 0.2) is 12.4 Å². The molecule has 1 rings (SSSR count). The van der Waals surface area contributed by atoms with Gasteiger partial charge in [-0.2, -0.15) is 0 Å². The van der Waals surface area contributed by atoms with Gasteiger partial charge in [0.2, 0.25) is 0 Å². The average molecular weight is 140 g/mol. The molecule has 0 aliphatic carbocycles. The van der Waals surface area contributed by atoms with E-state index in [0.29, 0.717) is 5.82 Å². The predicted molar refractivity (Wildman–Crippen MR) is 39.9 cm³/mol. The van der Waals surface area contributed by atoms with Gasteiger partial charge in [-0.1, -0.05) is 13.8 Å². The van der Waals surface area contributed by atoms with Gasteiger partial charge in [-0.25, -0.2) is 4.98 Å². The third-order valence-corrected chi connectivity index (χ3v) is 0.832. The van der Waals surface area contributed by atoms with Gasteiger partial charge in [-0.3, -0.25) is 4.79 Å². The highest BCUT2D eigenvalue weighted by atomic mass is 16.1. The molecule has 0 radical (unpaired) electrons. The highest BCUT2D eigenvalue weighted by molar-refractivity contribution is 5.90. The Morgan fingerprint density at radius 3 is 2.40 bits per heavy atom. The Labute approximate surface area is 60.5 Å². The number of imidazole rings is 1. The molecule has 10 heavy (non-hydrogen) atoms. The summed E-state index contributed by atoms with van der Waals surface area (Å²) < 4.78 is 0. The molecular weight excluding hydrogens is 128 g/mol. The molecule has 0 bridgehead atoms. The van der Waals surface area contributed by atoms with Crippen molar-refractivity contribution in [3.63, 3.8) is 0 Å². The molecule has 0 atom stereocenters. The highest BCUT2D eigenvalue weighted by Crippen LogP contribution is 1.86. The molecule has 0 saturated heterocycles. The molecule has 0 aliphatic rings. The zero-order chi connectivity index (χ0) is 7.98. The van der Waals surface area contributed by atoms with Crippen molar-refractivity contribution in [1.29, 1.82) is 0 Å². The number of nitrogens with one attached hydrogen (secondary N) is 1. The fourth-order valence-corrected chi connectivity index (χ4v) is 0.458. The van der Waals surface area contributed by atoms with Crippen molar-refractivity contribution in [3.05, 3.63) is 18.2 Å². The fraction of sp³-hybridized carbons (Fsp3) is 0.429. The Kier molecular flexibility index (Phi) is 4.20. The third-order valence-electron chi connectivity index (χ3n) is 0.832. The Morgan fingerprint density at radius 1 is 1.60 bits per heavy atom. The number of rotatable bonds is 1. The van der Waals surface area contributed by atoms with Gasteiger partial charge in [0.05, 0.1) is 0 Å². The average Bonchev–Trinajstić information content (AvgIpc) is 2.42. The standard InChI is InChI=1S/C5H6N2O.C2H6/c1-4(8)5-6-2-3-7-5;1-2/h2-3H,1H3,(H,6,7);1-2H3. The first-order chi connectivity index (χ1) is 4.80. The fourth-order valence-electron chi connectivity index (χ4n) is 0.458. The summed E-state index contributed by atoms with van der Waals surface area (Å²) in [6.07, 6.45) is 3.17. The van der Waals surface area contributed by atoms with Crippen LogP contribution in [0.4, 0.5) is 0 Å². The van der Waals surface area contributed by atoms with Crippen LogP contribution in [0.1, 0.15) is 31.4 Å². The van der Waals surface area contributed by atoms with Crippen LogP contribution in [0.25, 0.3) is 0 Å². The van der Waals surface area contributed by atoms with Gasteiger partial charge < -0.3 is 4.98 Å². The lowest BCUT2D eigenvalue weighted by Gasteiger charge is -1.80. The number of carbonyl (C=O) groups excluding carboxylic acids is 1. The Morgan fingerprint density at radius 2 is 2.20 bits per heavy atom. The van der Waals surface area contributed by atoms with Crippen molar-refractivity contribution in [1.82, 2.24) is 9.97 Å². The number of nitrogens with zero attached hydrogens (tertiary/aromatic N) is 1. The quantitative estimate of drug-likeness (QED) is 0.603. The van der Waals surface area contributed by atoms with Gasteiger partial charge in [0.1, 0.15) is 0 Å². The molecule has 56 valence electrons. The summed E-state index contributed by atoms with van der Waals surface area (Å²) in [5, 5.41) is 0. The summed E-state index contributed by atoms with van der Waals surface area (Å²) in [6, 6.07) is 0. The van der Waals surface area contributed by atoms with Crippen LogP contribution in [0.5, 0.6) is 0 Å². The molecule has 3 nitrogen and oxygen atoms in total. The second-order valence-electron chi connectivity index (χ2n) is 1.49. The van der Waals surface area contributed by atoms with Gasteiger partial charge in [0.15, 0.2) is 11.6 Å². The van der Waals surface area contributed by atoms with E-state index in [-0.39, 0.29) is 5.78 Å². The summed E-state index contributed by atoms with van der Waals surface area (Å²) >= 11 is 0. The number of Topliss-reactive ketones (excluding diaryl/α,β-unsaturated/α-hetero) is 1. The number of hydrogen-bond acceptors (Lipinski definition) is 2. The zero-order valence-electron chi connectivity index (χ0n) is 6.51. The Bertz CT molecular complexity index is 179. The van der Waals surface area contributed by atoms with E-state index in [9.17, 15) is 4.79 Å². The van der Waals surface area contributed by atoms with E-state index in [0.717, 1.165) is 0 Å². The van der Waals surface area contributed by atoms with Crippen LogP contribution in [0.3, 0.4) is 0 Å². The summed E-state index contributed by atoms with van der Waals surface area (Å²) in [5.74, 6) is 0.389.